The number of non-ortho nitro benzene ring substituents is 1. The molecule has 3 heterocycles. The van der Waals surface area contributed by atoms with Crippen LogP contribution in [-0.4, -0.2) is 19.5 Å². The summed E-state index contributed by atoms with van der Waals surface area (Å²) in [4.78, 5) is 28.0. The molecule has 0 saturated carbocycles. The monoisotopic (exact) mass is 446 g/mol. The molecular formula is C22H14N4O5S. The Bertz CT molecular complexity index is 1540. The number of nitrogens with zero attached hydrogens (tertiary/aromatic N) is 4. The standard InChI is InChI=1S/C22H14N4O5S/c27-21-19(12-17-9-10-18(31-17)14-5-4-6-15(11-14)26(28)29)32-22-23-20(24-25(21)22)13-30-16-7-2-1-3-8-16/h1-12H,13H2/b19-12-. The van der Waals surface area contributed by atoms with Crippen molar-refractivity contribution in [2.24, 2.45) is 0 Å². The first-order valence-electron chi connectivity index (χ1n) is 9.49. The van der Waals surface area contributed by atoms with Crippen LogP contribution in [0.4, 0.5) is 5.69 Å². The molecule has 0 unspecified atom stereocenters. The molecule has 0 aliphatic heterocycles. The molecule has 9 nitrogen and oxygen atoms in total. The summed E-state index contributed by atoms with van der Waals surface area (Å²) in [5.74, 6) is 2.02. The highest BCUT2D eigenvalue weighted by molar-refractivity contribution is 7.15. The second kappa shape index (κ2) is 8.08. The summed E-state index contributed by atoms with van der Waals surface area (Å²) in [7, 11) is 0. The molecule has 0 amide bonds. The van der Waals surface area contributed by atoms with Gasteiger partial charge in [-0.3, -0.25) is 14.9 Å². The maximum Gasteiger partial charge on any atom is 0.291 e. The summed E-state index contributed by atoms with van der Waals surface area (Å²) in [5, 5.41) is 15.2. The van der Waals surface area contributed by atoms with Crippen LogP contribution in [0.2, 0.25) is 0 Å². The number of nitro benzene ring substituents is 1. The van der Waals surface area contributed by atoms with Crippen LogP contribution in [0.25, 0.3) is 22.4 Å². The van der Waals surface area contributed by atoms with Crippen LogP contribution in [0.15, 0.2) is 75.9 Å². The number of hydrogen-bond acceptors (Lipinski definition) is 8. The van der Waals surface area contributed by atoms with E-state index in [0.29, 0.717) is 38.2 Å². The van der Waals surface area contributed by atoms with Crippen molar-refractivity contribution < 1.29 is 14.1 Å². The largest absolute Gasteiger partial charge is 0.486 e. The number of thiazole rings is 1. The first-order valence-corrected chi connectivity index (χ1v) is 10.3. The number of nitro groups is 1. The van der Waals surface area contributed by atoms with Crippen LogP contribution in [0.1, 0.15) is 11.6 Å². The van der Waals surface area contributed by atoms with Gasteiger partial charge in [0, 0.05) is 23.8 Å². The van der Waals surface area contributed by atoms with Crippen LogP contribution >= 0.6 is 11.3 Å². The number of furan rings is 1. The molecule has 10 heteroatoms. The molecule has 32 heavy (non-hydrogen) atoms. The van der Waals surface area contributed by atoms with E-state index >= 15 is 0 Å². The quantitative estimate of drug-likeness (QED) is 0.290. The van der Waals surface area contributed by atoms with Gasteiger partial charge in [-0.05, 0) is 24.3 Å². The molecule has 2 aromatic carbocycles. The van der Waals surface area contributed by atoms with E-state index < -0.39 is 4.92 Å². The lowest BCUT2D eigenvalue weighted by Crippen LogP contribution is -2.23. The lowest BCUT2D eigenvalue weighted by molar-refractivity contribution is -0.384. The van der Waals surface area contributed by atoms with Crippen molar-refractivity contribution in [2.75, 3.05) is 0 Å². The molecule has 0 saturated heterocycles. The molecule has 0 radical (unpaired) electrons. The van der Waals surface area contributed by atoms with E-state index in [2.05, 4.69) is 10.1 Å². The Morgan fingerprint density at radius 3 is 2.75 bits per heavy atom. The molecule has 0 spiro atoms. The number of hydrogen-bond donors (Lipinski definition) is 0. The molecule has 0 aliphatic rings. The minimum atomic E-state index is -0.462. The van der Waals surface area contributed by atoms with E-state index in [1.165, 1.54) is 28.0 Å². The van der Waals surface area contributed by atoms with Crippen LogP contribution < -0.4 is 14.8 Å². The van der Waals surface area contributed by atoms with Crippen molar-refractivity contribution in [3.05, 3.63) is 103 Å². The summed E-state index contributed by atoms with van der Waals surface area (Å²) in [6, 6.07) is 18.8. The Hall–Kier alpha value is -4.31. The van der Waals surface area contributed by atoms with Crippen LogP contribution in [0, 0.1) is 10.1 Å². The Morgan fingerprint density at radius 2 is 1.97 bits per heavy atom. The zero-order chi connectivity index (χ0) is 22.1. The number of aromatic nitrogens is 3. The van der Waals surface area contributed by atoms with E-state index in [1.807, 2.05) is 30.3 Å². The van der Waals surface area contributed by atoms with Crippen molar-refractivity contribution in [3.8, 4) is 17.1 Å². The van der Waals surface area contributed by atoms with Gasteiger partial charge < -0.3 is 9.15 Å². The molecule has 0 atom stereocenters. The maximum absolute atomic E-state index is 12.7. The first kappa shape index (κ1) is 19.6. The molecule has 158 valence electrons. The van der Waals surface area contributed by atoms with E-state index in [-0.39, 0.29) is 17.9 Å². The van der Waals surface area contributed by atoms with Gasteiger partial charge in [-0.15, -0.1) is 5.10 Å². The zero-order valence-electron chi connectivity index (χ0n) is 16.4. The van der Waals surface area contributed by atoms with Crippen LogP contribution in [0.5, 0.6) is 5.75 Å². The summed E-state index contributed by atoms with van der Waals surface area (Å²) < 4.78 is 13.0. The summed E-state index contributed by atoms with van der Waals surface area (Å²) in [6.07, 6.45) is 1.60. The van der Waals surface area contributed by atoms with Gasteiger partial charge in [0.2, 0.25) is 4.96 Å². The normalized spacial score (nSPS) is 11.8. The fourth-order valence-electron chi connectivity index (χ4n) is 3.09. The Kier molecular flexibility index (Phi) is 4.96. The van der Waals surface area contributed by atoms with Gasteiger partial charge in [-0.25, -0.2) is 0 Å². The Balaban J connectivity index is 1.39. The van der Waals surface area contributed by atoms with E-state index in [0.717, 1.165) is 0 Å². The maximum atomic E-state index is 12.7. The van der Waals surface area contributed by atoms with Crippen LogP contribution in [-0.2, 0) is 6.61 Å². The van der Waals surface area contributed by atoms with Crippen LogP contribution in [0.3, 0.4) is 0 Å². The average molecular weight is 446 g/mol. The van der Waals surface area contributed by atoms with Crippen molar-refractivity contribution in [1.82, 2.24) is 14.6 Å². The van der Waals surface area contributed by atoms with Gasteiger partial charge in [0.15, 0.2) is 5.82 Å². The fraction of sp³-hybridized carbons (Fsp3) is 0.0455. The third-order valence-electron chi connectivity index (χ3n) is 4.58. The summed E-state index contributed by atoms with van der Waals surface area (Å²) in [5.41, 5.74) is 0.243. The van der Waals surface area contributed by atoms with E-state index in [1.54, 1.807) is 30.3 Å². The average Bonchev–Trinajstić information content (AvgIpc) is 3.51. The molecule has 5 aromatic rings. The van der Waals surface area contributed by atoms with Crippen molar-refractivity contribution in [1.29, 1.82) is 0 Å². The first-order chi connectivity index (χ1) is 15.6. The third kappa shape index (κ3) is 3.86. The zero-order valence-corrected chi connectivity index (χ0v) is 17.2. The predicted molar refractivity (Wildman–Crippen MR) is 117 cm³/mol. The fourth-order valence-corrected chi connectivity index (χ4v) is 3.99. The summed E-state index contributed by atoms with van der Waals surface area (Å²) in [6.45, 7) is 0.154. The van der Waals surface area contributed by atoms with Crippen molar-refractivity contribution in [3.63, 3.8) is 0 Å². The molecule has 0 N–H and O–H groups in total. The Labute approximate surface area is 184 Å². The van der Waals surface area contributed by atoms with Gasteiger partial charge >= 0.3 is 0 Å². The number of benzene rings is 2. The van der Waals surface area contributed by atoms with Gasteiger partial charge in [0.1, 0.15) is 28.4 Å². The van der Waals surface area contributed by atoms with Gasteiger partial charge in [-0.1, -0.05) is 41.7 Å². The molecule has 5 rings (SSSR count). The smallest absolute Gasteiger partial charge is 0.291 e. The highest BCUT2D eigenvalue weighted by Crippen LogP contribution is 2.26. The predicted octanol–water partition coefficient (Wildman–Crippen LogP) is 3.45. The lowest BCUT2D eigenvalue weighted by atomic mass is 10.1. The number of fused-ring (bicyclic) bond motifs is 1. The van der Waals surface area contributed by atoms with Crippen molar-refractivity contribution >= 4 is 28.1 Å². The minimum absolute atomic E-state index is 0.0242. The molecule has 0 fully saturated rings. The van der Waals surface area contributed by atoms with Gasteiger partial charge in [-0.2, -0.15) is 9.50 Å². The topological polar surface area (TPSA) is 113 Å². The number of rotatable bonds is 6. The van der Waals surface area contributed by atoms with Gasteiger partial charge in [0.25, 0.3) is 11.2 Å². The number of ether oxygens (including phenoxy) is 1. The Morgan fingerprint density at radius 1 is 1.12 bits per heavy atom. The summed E-state index contributed by atoms with van der Waals surface area (Å²) >= 11 is 1.19. The highest BCUT2D eigenvalue weighted by Gasteiger charge is 2.13. The molecular weight excluding hydrogens is 432 g/mol. The molecule has 0 bridgehead atoms. The highest BCUT2D eigenvalue weighted by atomic mass is 32.1. The second-order valence-electron chi connectivity index (χ2n) is 6.75. The van der Waals surface area contributed by atoms with E-state index in [4.69, 9.17) is 9.15 Å². The molecule has 0 aliphatic carbocycles. The lowest BCUT2D eigenvalue weighted by Gasteiger charge is -2.01. The SMILES string of the molecule is O=c1/c(=C/c2ccc(-c3cccc([N+](=O)[O-])c3)o2)sc2nc(COc3ccccc3)nn12. The van der Waals surface area contributed by atoms with Crippen molar-refractivity contribution in [2.45, 2.75) is 6.61 Å². The minimum Gasteiger partial charge on any atom is -0.486 e. The second-order valence-corrected chi connectivity index (χ2v) is 7.76. The number of para-hydroxylation sites is 1. The van der Waals surface area contributed by atoms with Gasteiger partial charge in [0.05, 0.1) is 4.92 Å². The van der Waals surface area contributed by atoms with E-state index in [9.17, 15) is 14.9 Å². The third-order valence-corrected chi connectivity index (χ3v) is 5.54. The molecule has 3 aromatic heterocycles.